The highest BCUT2D eigenvalue weighted by Crippen LogP contribution is 2.22. The number of fused-ring (bicyclic) bond motifs is 1. The van der Waals surface area contributed by atoms with Crippen molar-refractivity contribution in [1.29, 1.82) is 0 Å². The summed E-state index contributed by atoms with van der Waals surface area (Å²) in [5, 5.41) is 9.33. The lowest BCUT2D eigenvalue weighted by Crippen LogP contribution is -2.23. The van der Waals surface area contributed by atoms with E-state index in [2.05, 4.69) is 4.98 Å². The Morgan fingerprint density at radius 2 is 2.29 bits per heavy atom. The van der Waals surface area contributed by atoms with Crippen LogP contribution < -0.4 is 10.3 Å². The summed E-state index contributed by atoms with van der Waals surface area (Å²) < 4.78 is 6.34. The number of rotatable bonds is 3. The maximum absolute atomic E-state index is 12.1. The highest BCUT2D eigenvalue weighted by Gasteiger charge is 2.11. The molecule has 90 valence electrons. The third kappa shape index (κ3) is 1.99. The number of benzene rings is 1. The van der Waals surface area contributed by atoms with Gasteiger partial charge in [0.2, 0.25) is 5.28 Å². The van der Waals surface area contributed by atoms with E-state index < -0.39 is 0 Å². The zero-order chi connectivity index (χ0) is 12.4. The number of nitrogens with zero attached hydrogens (tertiary/aromatic N) is 2. The van der Waals surface area contributed by atoms with E-state index in [-0.39, 0.29) is 24.0 Å². The number of para-hydroxylation sites is 1. The SMILES string of the molecule is COc1cccc2c(=O)n(CCO)c(Cl)nc12. The molecule has 0 unspecified atom stereocenters. The number of methoxy groups -OCH3 is 1. The maximum Gasteiger partial charge on any atom is 0.262 e. The molecular weight excluding hydrogens is 244 g/mol. The molecule has 0 atom stereocenters. The van der Waals surface area contributed by atoms with Gasteiger partial charge < -0.3 is 9.84 Å². The molecule has 0 bridgehead atoms. The van der Waals surface area contributed by atoms with Crippen molar-refractivity contribution in [3.05, 3.63) is 33.8 Å². The fraction of sp³-hybridized carbons (Fsp3) is 0.273. The molecule has 5 nitrogen and oxygen atoms in total. The molecule has 0 aliphatic rings. The molecule has 0 fully saturated rings. The minimum atomic E-state index is -0.284. The van der Waals surface area contributed by atoms with Crippen molar-refractivity contribution in [3.8, 4) is 5.75 Å². The van der Waals surface area contributed by atoms with Gasteiger partial charge in [-0.25, -0.2) is 4.98 Å². The molecule has 1 heterocycles. The summed E-state index contributed by atoms with van der Waals surface area (Å²) in [5.74, 6) is 0.498. The zero-order valence-corrected chi connectivity index (χ0v) is 9.94. The molecule has 17 heavy (non-hydrogen) atoms. The molecule has 2 aromatic rings. The highest BCUT2D eigenvalue weighted by molar-refractivity contribution is 6.28. The van der Waals surface area contributed by atoms with Crippen molar-refractivity contribution in [2.75, 3.05) is 13.7 Å². The van der Waals surface area contributed by atoms with Crippen molar-refractivity contribution in [2.24, 2.45) is 0 Å². The summed E-state index contributed by atoms with van der Waals surface area (Å²) in [6.45, 7) is -0.0470. The van der Waals surface area contributed by atoms with Crippen LogP contribution in [0.1, 0.15) is 0 Å². The molecule has 2 rings (SSSR count). The Balaban J connectivity index is 2.81. The minimum absolute atomic E-state index is 0.0426. The molecule has 0 amide bonds. The topological polar surface area (TPSA) is 64.3 Å². The van der Waals surface area contributed by atoms with E-state index in [1.54, 1.807) is 18.2 Å². The van der Waals surface area contributed by atoms with E-state index in [0.717, 1.165) is 0 Å². The molecule has 0 spiro atoms. The fourth-order valence-electron chi connectivity index (χ4n) is 1.65. The monoisotopic (exact) mass is 254 g/mol. The number of halogens is 1. The van der Waals surface area contributed by atoms with Crippen molar-refractivity contribution < 1.29 is 9.84 Å². The highest BCUT2D eigenvalue weighted by atomic mass is 35.5. The number of hydrogen-bond donors (Lipinski definition) is 1. The molecule has 1 aromatic heterocycles. The van der Waals surface area contributed by atoms with Crippen LogP contribution in [0.4, 0.5) is 0 Å². The molecule has 0 saturated heterocycles. The summed E-state index contributed by atoms with van der Waals surface area (Å²) >= 11 is 5.90. The second-order valence-corrected chi connectivity index (χ2v) is 3.76. The molecular formula is C11H11ClN2O3. The number of ether oxygens (including phenoxy) is 1. The predicted octanol–water partition coefficient (Wildman–Crippen LogP) is 1.05. The maximum atomic E-state index is 12.1. The smallest absolute Gasteiger partial charge is 0.262 e. The van der Waals surface area contributed by atoms with E-state index in [1.165, 1.54) is 11.7 Å². The second kappa shape index (κ2) is 4.73. The van der Waals surface area contributed by atoms with E-state index in [9.17, 15) is 4.79 Å². The molecule has 1 aromatic carbocycles. The first-order valence-corrected chi connectivity index (χ1v) is 5.40. The van der Waals surface area contributed by atoms with E-state index in [0.29, 0.717) is 16.7 Å². The van der Waals surface area contributed by atoms with Gasteiger partial charge in [-0.2, -0.15) is 0 Å². The first-order valence-electron chi connectivity index (χ1n) is 5.03. The number of aromatic nitrogens is 2. The Hall–Kier alpha value is -1.59. The minimum Gasteiger partial charge on any atom is -0.494 e. The van der Waals surface area contributed by atoms with Gasteiger partial charge in [-0.05, 0) is 23.7 Å². The lowest BCUT2D eigenvalue weighted by atomic mass is 10.2. The number of aliphatic hydroxyl groups is 1. The summed E-state index contributed by atoms with van der Waals surface area (Å²) in [5.41, 5.74) is 0.145. The molecule has 0 aliphatic heterocycles. The summed E-state index contributed by atoms with van der Waals surface area (Å²) in [6.07, 6.45) is 0. The lowest BCUT2D eigenvalue weighted by molar-refractivity contribution is 0.274. The van der Waals surface area contributed by atoms with Crippen molar-refractivity contribution in [2.45, 2.75) is 6.54 Å². The van der Waals surface area contributed by atoms with Crippen molar-refractivity contribution in [1.82, 2.24) is 9.55 Å². The van der Waals surface area contributed by atoms with Gasteiger partial charge in [0.15, 0.2) is 0 Å². The Morgan fingerprint density at radius 1 is 1.53 bits per heavy atom. The fourth-order valence-corrected chi connectivity index (χ4v) is 1.90. The summed E-state index contributed by atoms with van der Waals surface area (Å²) in [4.78, 5) is 16.2. The van der Waals surface area contributed by atoms with Crippen molar-refractivity contribution in [3.63, 3.8) is 0 Å². The van der Waals surface area contributed by atoms with Gasteiger partial charge in [0.05, 0.1) is 25.6 Å². The van der Waals surface area contributed by atoms with Crippen molar-refractivity contribution >= 4 is 22.5 Å². The van der Waals surface area contributed by atoms with E-state index >= 15 is 0 Å². The molecule has 0 radical (unpaired) electrons. The van der Waals surface area contributed by atoms with E-state index in [1.807, 2.05) is 0 Å². The quantitative estimate of drug-likeness (QED) is 0.832. The summed E-state index contributed by atoms with van der Waals surface area (Å²) in [6, 6.07) is 5.07. The third-order valence-corrected chi connectivity index (χ3v) is 2.73. The molecule has 1 N–H and O–H groups in total. The first kappa shape index (κ1) is 11.9. The summed E-state index contributed by atoms with van der Waals surface area (Å²) in [7, 11) is 1.50. The van der Waals surface area contributed by atoms with Crippen LogP contribution in [0.5, 0.6) is 5.75 Å². The standard InChI is InChI=1S/C11H11ClN2O3/c1-17-8-4-2-3-7-9(8)13-11(12)14(5-6-15)10(7)16/h2-4,15H,5-6H2,1H3. The molecule has 0 saturated carbocycles. The van der Waals surface area contributed by atoms with Crippen LogP contribution in [-0.2, 0) is 6.54 Å². The normalized spacial score (nSPS) is 10.8. The van der Waals surface area contributed by atoms with Gasteiger partial charge in [0.25, 0.3) is 5.56 Å². The van der Waals surface area contributed by atoms with Gasteiger partial charge in [-0.1, -0.05) is 6.07 Å². The van der Waals surface area contributed by atoms with Gasteiger partial charge >= 0.3 is 0 Å². The largest absolute Gasteiger partial charge is 0.494 e. The third-order valence-electron chi connectivity index (χ3n) is 2.44. The Labute approximate surface area is 102 Å². The average molecular weight is 255 g/mol. The number of aliphatic hydroxyl groups excluding tert-OH is 1. The van der Waals surface area contributed by atoms with Crippen LogP contribution in [0.15, 0.2) is 23.0 Å². The zero-order valence-electron chi connectivity index (χ0n) is 9.18. The average Bonchev–Trinajstić information content (AvgIpc) is 2.34. The van der Waals surface area contributed by atoms with Crippen LogP contribution >= 0.6 is 11.6 Å². The van der Waals surface area contributed by atoms with Crippen LogP contribution in [0.25, 0.3) is 10.9 Å². The van der Waals surface area contributed by atoms with Gasteiger partial charge in [-0.3, -0.25) is 9.36 Å². The van der Waals surface area contributed by atoms with Gasteiger partial charge in [0.1, 0.15) is 11.3 Å². The van der Waals surface area contributed by atoms with Crippen LogP contribution in [-0.4, -0.2) is 28.4 Å². The first-order chi connectivity index (χ1) is 8.19. The second-order valence-electron chi connectivity index (χ2n) is 3.42. The lowest BCUT2D eigenvalue weighted by Gasteiger charge is -2.09. The van der Waals surface area contributed by atoms with Crippen LogP contribution in [0.2, 0.25) is 5.28 Å². The van der Waals surface area contributed by atoms with E-state index in [4.69, 9.17) is 21.4 Å². The Bertz CT molecular complexity index is 609. The van der Waals surface area contributed by atoms with Crippen LogP contribution in [0.3, 0.4) is 0 Å². The van der Waals surface area contributed by atoms with Gasteiger partial charge in [0, 0.05) is 0 Å². The molecule has 6 heteroatoms. The van der Waals surface area contributed by atoms with Gasteiger partial charge in [-0.15, -0.1) is 0 Å². The Kier molecular flexibility index (Phi) is 3.31. The number of hydrogen-bond acceptors (Lipinski definition) is 4. The Morgan fingerprint density at radius 3 is 2.94 bits per heavy atom. The van der Waals surface area contributed by atoms with Crippen LogP contribution in [0, 0.1) is 0 Å². The molecule has 0 aliphatic carbocycles. The predicted molar refractivity (Wildman–Crippen MR) is 64.7 cm³/mol.